The standard InChI is InChI=1S/C53H34/c1-2-21-43-35(13-1)14-12-25-44(43)42-20-11-19-40(33-42)38-17-9-15-36(31-38)37-16-10-18-39(32-37)41-29-30-48-47-24-5-8-28-51(47)53(52(48)34-41)49-26-6-3-22-45(49)46-23-4-7-27-50(46)53/h1-34H. The van der Waals surface area contributed by atoms with Crippen molar-refractivity contribution < 1.29 is 0 Å². The highest BCUT2D eigenvalue weighted by Gasteiger charge is 2.51. The van der Waals surface area contributed by atoms with Gasteiger partial charge in [0.25, 0.3) is 0 Å². The van der Waals surface area contributed by atoms with Gasteiger partial charge >= 0.3 is 0 Å². The van der Waals surface area contributed by atoms with Gasteiger partial charge in [-0.25, -0.2) is 0 Å². The van der Waals surface area contributed by atoms with Crippen LogP contribution in [0.25, 0.3) is 77.5 Å². The number of hydrogen-bond donors (Lipinski definition) is 0. The SMILES string of the molecule is c1cc(-c2cccc(-c3ccc4c(c3)C3(c5ccccc5-c5ccccc53)c3ccccc3-4)c2)cc(-c2cccc(-c3cccc4ccccc34)c2)c1. The van der Waals surface area contributed by atoms with Crippen LogP contribution in [0.15, 0.2) is 206 Å². The van der Waals surface area contributed by atoms with E-state index in [4.69, 9.17) is 0 Å². The molecule has 0 N–H and O–H groups in total. The molecule has 0 saturated carbocycles. The third kappa shape index (κ3) is 4.43. The van der Waals surface area contributed by atoms with E-state index in [-0.39, 0.29) is 5.41 Å². The molecule has 9 aromatic rings. The highest BCUT2D eigenvalue weighted by Crippen LogP contribution is 2.63. The Bertz CT molecular complexity index is 2840. The summed E-state index contributed by atoms with van der Waals surface area (Å²) < 4.78 is 0. The summed E-state index contributed by atoms with van der Waals surface area (Å²) in [7, 11) is 0. The summed E-state index contributed by atoms with van der Waals surface area (Å²) in [6, 6.07) is 76.4. The zero-order chi connectivity index (χ0) is 34.9. The number of fused-ring (bicyclic) bond motifs is 11. The fourth-order valence-electron chi connectivity index (χ4n) is 9.37. The Morgan fingerprint density at radius 2 is 0.604 bits per heavy atom. The summed E-state index contributed by atoms with van der Waals surface area (Å²) >= 11 is 0. The predicted octanol–water partition coefficient (Wildman–Crippen LogP) is 13.9. The van der Waals surface area contributed by atoms with Crippen LogP contribution < -0.4 is 0 Å². The molecule has 11 rings (SSSR count). The maximum absolute atomic E-state index is 2.47. The average molecular weight is 671 g/mol. The van der Waals surface area contributed by atoms with E-state index in [0.717, 1.165) is 0 Å². The van der Waals surface area contributed by atoms with Crippen molar-refractivity contribution in [3.05, 3.63) is 229 Å². The molecule has 0 saturated heterocycles. The smallest absolute Gasteiger partial charge is 0.0619 e. The first-order valence-corrected chi connectivity index (χ1v) is 18.5. The van der Waals surface area contributed by atoms with E-state index in [9.17, 15) is 0 Å². The maximum atomic E-state index is 2.47. The van der Waals surface area contributed by atoms with Crippen molar-refractivity contribution in [2.45, 2.75) is 5.41 Å². The van der Waals surface area contributed by atoms with E-state index >= 15 is 0 Å². The van der Waals surface area contributed by atoms with Gasteiger partial charge in [0, 0.05) is 0 Å². The van der Waals surface area contributed by atoms with Gasteiger partial charge in [-0.3, -0.25) is 0 Å². The topological polar surface area (TPSA) is 0 Å². The largest absolute Gasteiger partial charge is 0.0725 e. The summed E-state index contributed by atoms with van der Waals surface area (Å²) in [5.41, 5.74) is 20.3. The molecule has 0 unspecified atom stereocenters. The van der Waals surface area contributed by atoms with Crippen LogP contribution in [-0.2, 0) is 5.41 Å². The first kappa shape index (κ1) is 29.9. The van der Waals surface area contributed by atoms with Crippen LogP contribution in [0.5, 0.6) is 0 Å². The summed E-state index contributed by atoms with van der Waals surface area (Å²) in [5, 5.41) is 2.54. The first-order valence-electron chi connectivity index (χ1n) is 18.5. The monoisotopic (exact) mass is 670 g/mol. The normalized spacial score (nSPS) is 13.1. The van der Waals surface area contributed by atoms with Crippen molar-refractivity contribution in [3.63, 3.8) is 0 Å². The van der Waals surface area contributed by atoms with E-state index in [2.05, 4.69) is 206 Å². The maximum Gasteiger partial charge on any atom is 0.0725 e. The van der Waals surface area contributed by atoms with Crippen molar-refractivity contribution >= 4 is 10.8 Å². The molecule has 9 aromatic carbocycles. The molecule has 0 fully saturated rings. The molecule has 0 atom stereocenters. The van der Waals surface area contributed by atoms with Crippen molar-refractivity contribution in [3.8, 4) is 66.8 Å². The number of hydrogen-bond acceptors (Lipinski definition) is 0. The van der Waals surface area contributed by atoms with Crippen LogP contribution in [0, 0.1) is 0 Å². The van der Waals surface area contributed by atoms with Gasteiger partial charge in [-0.15, -0.1) is 0 Å². The Morgan fingerprint density at radius 3 is 1.17 bits per heavy atom. The van der Waals surface area contributed by atoms with Gasteiger partial charge in [-0.1, -0.05) is 182 Å². The van der Waals surface area contributed by atoms with Crippen LogP contribution in [0.4, 0.5) is 0 Å². The highest BCUT2D eigenvalue weighted by atomic mass is 14.5. The molecule has 2 aliphatic rings. The second kappa shape index (κ2) is 11.6. The molecule has 0 aromatic heterocycles. The highest BCUT2D eigenvalue weighted by molar-refractivity contribution is 5.98. The molecule has 0 heterocycles. The molecule has 2 aliphatic carbocycles. The van der Waals surface area contributed by atoms with Gasteiger partial charge in [0.05, 0.1) is 5.41 Å². The second-order valence-electron chi connectivity index (χ2n) is 14.4. The van der Waals surface area contributed by atoms with E-state index in [1.165, 1.54) is 99.8 Å². The molecule has 246 valence electrons. The van der Waals surface area contributed by atoms with Crippen molar-refractivity contribution in [1.82, 2.24) is 0 Å². The predicted molar refractivity (Wildman–Crippen MR) is 222 cm³/mol. The molecular formula is C53H34. The Labute approximate surface area is 310 Å². The minimum atomic E-state index is -0.346. The Kier molecular flexibility index (Phi) is 6.57. The average Bonchev–Trinajstić information content (AvgIpc) is 3.71. The van der Waals surface area contributed by atoms with Gasteiger partial charge in [0.1, 0.15) is 0 Å². The summed E-state index contributed by atoms with van der Waals surface area (Å²) in [4.78, 5) is 0. The molecule has 0 nitrogen and oxygen atoms in total. The van der Waals surface area contributed by atoms with Crippen molar-refractivity contribution in [2.75, 3.05) is 0 Å². The zero-order valence-corrected chi connectivity index (χ0v) is 29.1. The molecular weight excluding hydrogens is 637 g/mol. The number of benzene rings is 9. The summed E-state index contributed by atoms with van der Waals surface area (Å²) in [6.07, 6.45) is 0. The Balaban J connectivity index is 1.01. The minimum Gasteiger partial charge on any atom is -0.0619 e. The van der Waals surface area contributed by atoms with E-state index in [1.54, 1.807) is 0 Å². The third-order valence-corrected chi connectivity index (χ3v) is 11.7. The van der Waals surface area contributed by atoms with Gasteiger partial charge in [0.15, 0.2) is 0 Å². The van der Waals surface area contributed by atoms with Crippen LogP contribution >= 0.6 is 0 Å². The molecule has 0 amide bonds. The first-order chi connectivity index (χ1) is 26.3. The molecule has 53 heavy (non-hydrogen) atoms. The third-order valence-electron chi connectivity index (χ3n) is 11.7. The van der Waals surface area contributed by atoms with E-state index < -0.39 is 0 Å². The van der Waals surface area contributed by atoms with Gasteiger partial charge in [0.2, 0.25) is 0 Å². The van der Waals surface area contributed by atoms with E-state index in [1.807, 2.05) is 0 Å². The fraction of sp³-hybridized carbons (Fsp3) is 0.0189. The minimum absolute atomic E-state index is 0.346. The van der Waals surface area contributed by atoms with Gasteiger partial charge in [-0.2, -0.15) is 0 Å². The Hall–Kier alpha value is -6.76. The van der Waals surface area contributed by atoms with Gasteiger partial charge in [-0.05, 0) is 124 Å². The van der Waals surface area contributed by atoms with Crippen molar-refractivity contribution in [1.29, 1.82) is 0 Å². The molecule has 0 aliphatic heterocycles. The number of rotatable bonds is 4. The lowest BCUT2D eigenvalue weighted by Crippen LogP contribution is -2.25. The lowest BCUT2D eigenvalue weighted by molar-refractivity contribution is 0.794. The van der Waals surface area contributed by atoms with Crippen LogP contribution in [0.3, 0.4) is 0 Å². The summed E-state index contributed by atoms with van der Waals surface area (Å²) in [5.74, 6) is 0. The quantitative estimate of drug-likeness (QED) is 0.175. The van der Waals surface area contributed by atoms with Crippen LogP contribution in [0.2, 0.25) is 0 Å². The van der Waals surface area contributed by atoms with Crippen molar-refractivity contribution in [2.24, 2.45) is 0 Å². The van der Waals surface area contributed by atoms with Crippen LogP contribution in [0.1, 0.15) is 22.3 Å². The fourth-order valence-corrected chi connectivity index (χ4v) is 9.37. The molecule has 0 bridgehead atoms. The second-order valence-corrected chi connectivity index (χ2v) is 14.4. The van der Waals surface area contributed by atoms with E-state index in [0.29, 0.717) is 0 Å². The Morgan fingerprint density at radius 1 is 0.226 bits per heavy atom. The zero-order valence-electron chi connectivity index (χ0n) is 29.1. The lowest BCUT2D eigenvalue weighted by atomic mass is 9.70. The van der Waals surface area contributed by atoms with Crippen LogP contribution in [-0.4, -0.2) is 0 Å². The molecule has 0 radical (unpaired) electrons. The lowest BCUT2D eigenvalue weighted by Gasteiger charge is -2.30. The summed E-state index contributed by atoms with van der Waals surface area (Å²) in [6.45, 7) is 0. The molecule has 1 spiro atoms. The van der Waals surface area contributed by atoms with Gasteiger partial charge < -0.3 is 0 Å². The molecule has 0 heteroatoms.